The average Bonchev–Trinajstić information content (AvgIpc) is 3.14. The van der Waals surface area contributed by atoms with Crippen LogP contribution in [0.2, 0.25) is 0 Å². The number of benzene rings is 2. The van der Waals surface area contributed by atoms with Gasteiger partial charge < -0.3 is 10.2 Å². The predicted molar refractivity (Wildman–Crippen MR) is 149 cm³/mol. The highest BCUT2D eigenvalue weighted by Crippen LogP contribution is 2.19. The molecule has 0 saturated carbocycles. The molecular weight excluding hydrogens is 462 g/mol. The first-order chi connectivity index (χ1) is 17.7. The lowest BCUT2D eigenvalue weighted by Crippen LogP contribution is -2.50. The molecule has 194 valence electrons. The third kappa shape index (κ3) is 6.54. The van der Waals surface area contributed by atoms with Gasteiger partial charge in [-0.3, -0.25) is 19.2 Å². The largest absolute Gasteiger partial charge is 0.337 e. The molecule has 1 aromatic heterocycles. The van der Waals surface area contributed by atoms with Crippen LogP contribution in [0.1, 0.15) is 39.2 Å². The maximum atomic E-state index is 12.9. The molecule has 1 fully saturated rings. The Balaban J connectivity index is 1.29. The summed E-state index contributed by atoms with van der Waals surface area (Å²) >= 11 is 0. The molecule has 0 spiro atoms. The number of rotatable bonds is 7. The molecule has 7 heteroatoms. The Hall–Kier alpha value is -3.71. The Bertz CT molecular complexity index is 1300. The summed E-state index contributed by atoms with van der Waals surface area (Å²) in [5.74, 6) is -0.0356. The van der Waals surface area contributed by atoms with E-state index in [9.17, 15) is 9.59 Å². The summed E-state index contributed by atoms with van der Waals surface area (Å²) in [6.45, 7) is 13.7. The molecule has 7 nitrogen and oxygen atoms in total. The van der Waals surface area contributed by atoms with Crippen LogP contribution in [-0.2, 0) is 16.1 Å². The molecule has 1 aliphatic rings. The smallest absolute Gasteiger partial charge is 0.246 e. The van der Waals surface area contributed by atoms with Crippen LogP contribution in [0, 0.1) is 34.6 Å². The van der Waals surface area contributed by atoms with Crippen LogP contribution in [0.4, 0.5) is 5.69 Å². The number of nitrogens with zero attached hydrogens (tertiary/aromatic N) is 4. The third-order valence-corrected chi connectivity index (χ3v) is 7.21. The number of nitrogens with one attached hydrogen (secondary N) is 1. The summed E-state index contributed by atoms with van der Waals surface area (Å²) in [6, 6.07) is 14.4. The first-order valence-corrected chi connectivity index (χ1v) is 12.9. The lowest BCUT2D eigenvalue weighted by Gasteiger charge is -2.33. The topological polar surface area (TPSA) is 70.5 Å². The molecule has 0 unspecified atom stereocenters. The highest BCUT2D eigenvalue weighted by Gasteiger charge is 2.22. The van der Waals surface area contributed by atoms with Gasteiger partial charge in [-0.25, -0.2) is 0 Å². The highest BCUT2D eigenvalue weighted by atomic mass is 16.2. The molecule has 1 saturated heterocycles. The quantitative estimate of drug-likeness (QED) is 0.493. The normalized spacial score (nSPS) is 14.4. The number of hydrogen-bond donors (Lipinski definition) is 1. The van der Waals surface area contributed by atoms with Crippen LogP contribution in [0.25, 0.3) is 6.08 Å². The van der Waals surface area contributed by atoms with Gasteiger partial charge in [-0.15, -0.1) is 0 Å². The van der Waals surface area contributed by atoms with E-state index < -0.39 is 0 Å². The molecule has 2 amide bonds. The Morgan fingerprint density at radius 2 is 1.65 bits per heavy atom. The molecule has 4 rings (SSSR count). The minimum Gasteiger partial charge on any atom is -0.337 e. The third-order valence-electron chi connectivity index (χ3n) is 7.21. The van der Waals surface area contributed by atoms with E-state index in [1.807, 2.05) is 61.6 Å². The molecule has 1 aliphatic heterocycles. The second-order valence-electron chi connectivity index (χ2n) is 9.96. The summed E-state index contributed by atoms with van der Waals surface area (Å²) in [4.78, 5) is 29.4. The molecule has 37 heavy (non-hydrogen) atoms. The van der Waals surface area contributed by atoms with Gasteiger partial charge in [0.05, 0.1) is 18.8 Å². The lowest BCUT2D eigenvalue weighted by atomic mass is 10.1. The van der Waals surface area contributed by atoms with Crippen molar-refractivity contribution in [2.75, 3.05) is 38.0 Å². The van der Waals surface area contributed by atoms with Gasteiger partial charge in [-0.2, -0.15) is 5.10 Å². The van der Waals surface area contributed by atoms with Crippen molar-refractivity contribution in [1.29, 1.82) is 0 Å². The molecule has 0 aliphatic carbocycles. The molecule has 2 aromatic carbocycles. The molecule has 0 bridgehead atoms. The number of carbonyl (C=O) groups excluding carboxylic acids is 2. The van der Waals surface area contributed by atoms with E-state index >= 15 is 0 Å². The second-order valence-corrected chi connectivity index (χ2v) is 9.96. The van der Waals surface area contributed by atoms with Crippen molar-refractivity contribution < 1.29 is 9.59 Å². The van der Waals surface area contributed by atoms with Crippen LogP contribution in [0.15, 0.2) is 48.5 Å². The monoisotopic (exact) mass is 499 g/mol. The van der Waals surface area contributed by atoms with E-state index in [1.165, 1.54) is 11.1 Å². The Morgan fingerprint density at radius 3 is 2.35 bits per heavy atom. The van der Waals surface area contributed by atoms with Gasteiger partial charge in [0.25, 0.3) is 0 Å². The van der Waals surface area contributed by atoms with Gasteiger partial charge in [-0.05, 0) is 63.5 Å². The fourth-order valence-corrected chi connectivity index (χ4v) is 4.64. The van der Waals surface area contributed by atoms with E-state index in [0.717, 1.165) is 33.8 Å². The highest BCUT2D eigenvalue weighted by molar-refractivity contribution is 5.93. The Morgan fingerprint density at radius 1 is 0.946 bits per heavy atom. The van der Waals surface area contributed by atoms with Crippen LogP contribution >= 0.6 is 0 Å². The first kappa shape index (κ1) is 26.4. The minimum absolute atomic E-state index is 0.00966. The number of hydrogen-bond acceptors (Lipinski definition) is 4. The standard InChI is InChI=1S/C30H37N5O2/c1-21-9-11-26(12-10-21)19-35-25(5)27(24(4)32-35)13-14-30(37)34-17-15-33(16-18-34)20-29(36)31-28-8-6-7-22(2)23(28)3/h6-14H,15-20H2,1-5H3,(H,31,36)/b14-13+. The molecular formula is C30H37N5O2. The van der Waals surface area contributed by atoms with E-state index in [4.69, 9.17) is 5.10 Å². The lowest BCUT2D eigenvalue weighted by molar-refractivity contribution is -0.127. The summed E-state index contributed by atoms with van der Waals surface area (Å²) in [5.41, 5.74) is 8.48. The molecule has 1 N–H and O–H groups in total. The minimum atomic E-state index is -0.0260. The van der Waals surface area contributed by atoms with Crippen LogP contribution in [0.5, 0.6) is 0 Å². The molecule has 3 aromatic rings. The first-order valence-electron chi connectivity index (χ1n) is 12.9. The molecule has 0 atom stereocenters. The van der Waals surface area contributed by atoms with Gasteiger partial charge in [0.15, 0.2) is 0 Å². The van der Waals surface area contributed by atoms with E-state index in [0.29, 0.717) is 39.3 Å². The summed E-state index contributed by atoms with van der Waals surface area (Å²) in [5, 5.41) is 7.71. The van der Waals surface area contributed by atoms with Crippen molar-refractivity contribution in [2.24, 2.45) is 0 Å². The van der Waals surface area contributed by atoms with Gasteiger partial charge in [0, 0.05) is 49.2 Å². The zero-order chi connectivity index (χ0) is 26.5. The van der Waals surface area contributed by atoms with Gasteiger partial charge >= 0.3 is 0 Å². The van der Waals surface area contributed by atoms with Crippen molar-refractivity contribution in [1.82, 2.24) is 19.6 Å². The number of carbonyl (C=O) groups is 2. The predicted octanol–water partition coefficient (Wildman–Crippen LogP) is 4.27. The average molecular weight is 500 g/mol. The van der Waals surface area contributed by atoms with E-state index in [2.05, 4.69) is 41.4 Å². The maximum Gasteiger partial charge on any atom is 0.246 e. The van der Waals surface area contributed by atoms with Gasteiger partial charge in [0.2, 0.25) is 11.8 Å². The number of piperazine rings is 1. The number of aromatic nitrogens is 2. The Kier molecular flexibility index (Phi) is 8.24. The van der Waals surface area contributed by atoms with Crippen molar-refractivity contribution in [3.63, 3.8) is 0 Å². The van der Waals surface area contributed by atoms with Crippen molar-refractivity contribution in [3.8, 4) is 0 Å². The SMILES string of the molecule is Cc1ccc(Cn2nc(C)c(/C=C/C(=O)N3CCN(CC(=O)Nc4cccc(C)c4C)CC3)c2C)cc1. The van der Waals surface area contributed by atoms with Crippen molar-refractivity contribution >= 4 is 23.6 Å². The van der Waals surface area contributed by atoms with Gasteiger partial charge in [0.1, 0.15) is 0 Å². The zero-order valence-corrected chi connectivity index (χ0v) is 22.5. The summed E-state index contributed by atoms with van der Waals surface area (Å²) in [7, 11) is 0. The van der Waals surface area contributed by atoms with Gasteiger partial charge in [-0.1, -0.05) is 42.0 Å². The van der Waals surface area contributed by atoms with Crippen molar-refractivity contribution in [3.05, 3.63) is 87.7 Å². The number of anilines is 1. The number of aryl methyl sites for hydroxylation is 3. The van der Waals surface area contributed by atoms with E-state index in [1.54, 1.807) is 6.08 Å². The van der Waals surface area contributed by atoms with Crippen LogP contribution in [0.3, 0.4) is 0 Å². The van der Waals surface area contributed by atoms with Crippen molar-refractivity contribution in [2.45, 2.75) is 41.2 Å². The summed E-state index contributed by atoms with van der Waals surface area (Å²) < 4.78 is 1.99. The fourth-order valence-electron chi connectivity index (χ4n) is 4.64. The summed E-state index contributed by atoms with van der Waals surface area (Å²) in [6.07, 6.45) is 3.53. The van der Waals surface area contributed by atoms with Crippen LogP contribution < -0.4 is 5.32 Å². The van der Waals surface area contributed by atoms with Crippen LogP contribution in [-0.4, -0.2) is 64.1 Å². The zero-order valence-electron chi connectivity index (χ0n) is 22.5. The molecule has 0 radical (unpaired) electrons. The fraction of sp³-hybridized carbons (Fsp3) is 0.367. The maximum absolute atomic E-state index is 12.9. The second kappa shape index (κ2) is 11.6. The van der Waals surface area contributed by atoms with E-state index in [-0.39, 0.29) is 11.8 Å². The number of amides is 2. The molecule has 2 heterocycles. The Labute approximate surface area is 219 Å².